The Morgan fingerprint density at radius 3 is 2.55 bits per heavy atom. The molecular formula is C26H21N3. The van der Waals surface area contributed by atoms with Crippen molar-refractivity contribution in [3.05, 3.63) is 108 Å². The molecular weight excluding hydrogens is 354 g/mol. The largest absolute Gasteiger partial charge is 0.324 e. The number of benzene rings is 4. The second kappa shape index (κ2) is 7.36. The lowest BCUT2D eigenvalue weighted by Gasteiger charge is -2.07. The Labute approximate surface area is 170 Å². The second-order valence-electron chi connectivity index (χ2n) is 7.23. The molecule has 0 saturated heterocycles. The van der Waals surface area contributed by atoms with Crippen molar-refractivity contribution >= 4 is 33.7 Å². The maximum absolute atomic E-state index is 4.76. The molecule has 29 heavy (non-hydrogen) atoms. The summed E-state index contributed by atoms with van der Waals surface area (Å²) in [7, 11) is 0. The number of rotatable bonds is 4. The van der Waals surface area contributed by atoms with Crippen LogP contribution in [0.15, 0.2) is 96.0 Å². The highest BCUT2D eigenvalue weighted by atomic mass is 15.1. The molecule has 0 aliphatic heterocycles. The predicted molar refractivity (Wildman–Crippen MR) is 121 cm³/mol. The molecule has 4 aromatic carbocycles. The maximum Gasteiger partial charge on any atom is 0.107 e. The van der Waals surface area contributed by atoms with Crippen molar-refractivity contribution in [2.45, 2.75) is 13.5 Å². The number of imidazole rings is 1. The Kier molecular flexibility index (Phi) is 4.41. The van der Waals surface area contributed by atoms with Crippen LogP contribution in [0.3, 0.4) is 0 Å². The standard InChI is InChI=1S/C26H21N3/c1-19-28-25-16-23(14-15-26(25)29(19)18-20-8-3-2-4-9-20)27-17-22-12-7-11-21-10-5-6-13-24(21)22/h2-17H,18H2,1H3. The van der Waals surface area contributed by atoms with Crippen molar-refractivity contribution in [3.63, 3.8) is 0 Å². The van der Waals surface area contributed by atoms with E-state index < -0.39 is 0 Å². The van der Waals surface area contributed by atoms with E-state index in [0.717, 1.165) is 34.7 Å². The summed E-state index contributed by atoms with van der Waals surface area (Å²) in [4.78, 5) is 9.49. The van der Waals surface area contributed by atoms with E-state index in [0.29, 0.717) is 0 Å². The number of aromatic nitrogens is 2. The van der Waals surface area contributed by atoms with Crippen molar-refractivity contribution in [1.29, 1.82) is 0 Å². The van der Waals surface area contributed by atoms with Crippen LogP contribution in [0.25, 0.3) is 21.8 Å². The summed E-state index contributed by atoms with van der Waals surface area (Å²) in [6.07, 6.45) is 1.94. The average molecular weight is 375 g/mol. The summed E-state index contributed by atoms with van der Waals surface area (Å²) in [5.74, 6) is 1.01. The molecule has 1 heterocycles. The molecule has 0 atom stereocenters. The highest BCUT2D eigenvalue weighted by Crippen LogP contribution is 2.24. The van der Waals surface area contributed by atoms with Crippen molar-refractivity contribution < 1.29 is 0 Å². The highest BCUT2D eigenvalue weighted by molar-refractivity contribution is 6.00. The lowest BCUT2D eigenvalue weighted by molar-refractivity contribution is 0.786. The van der Waals surface area contributed by atoms with E-state index >= 15 is 0 Å². The van der Waals surface area contributed by atoms with Gasteiger partial charge in [-0.3, -0.25) is 4.99 Å². The van der Waals surface area contributed by atoms with Crippen LogP contribution in [0.5, 0.6) is 0 Å². The zero-order valence-corrected chi connectivity index (χ0v) is 16.3. The molecule has 0 aliphatic carbocycles. The average Bonchev–Trinajstić information content (AvgIpc) is 3.07. The minimum atomic E-state index is 0.821. The molecule has 0 fully saturated rings. The third kappa shape index (κ3) is 3.43. The molecule has 0 radical (unpaired) electrons. The van der Waals surface area contributed by atoms with E-state index in [-0.39, 0.29) is 0 Å². The van der Waals surface area contributed by atoms with Crippen molar-refractivity contribution in [2.24, 2.45) is 4.99 Å². The van der Waals surface area contributed by atoms with Crippen LogP contribution in [0.4, 0.5) is 5.69 Å². The molecule has 3 heteroatoms. The Morgan fingerprint density at radius 1 is 0.862 bits per heavy atom. The van der Waals surface area contributed by atoms with Crippen LogP contribution in [-0.2, 0) is 6.54 Å². The minimum Gasteiger partial charge on any atom is -0.324 e. The second-order valence-corrected chi connectivity index (χ2v) is 7.23. The maximum atomic E-state index is 4.76. The molecule has 1 aromatic heterocycles. The molecule has 5 rings (SSSR count). The van der Waals surface area contributed by atoms with Crippen molar-refractivity contribution in [2.75, 3.05) is 0 Å². The molecule has 0 saturated carbocycles. The zero-order valence-electron chi connectivity index (χ0n) is 16.3. The van der Waals surface area contributed by atoms with E-state index in [1.165, 1.54) is 16.3 Å². The van der Waals surface area contributed by atoms with Crippen LogP contribution in [0.2, 0.25) is 0 Å². The Morgan fingerprint density at radius 2 is 1.66 bits per heavy atom. The fourth-order valence-electron chi connectivity index (χ4n) is 3.79. The van der Waals surface area contributed by atoms with Gasteiger partial charge in [-0.15, -0.1) is 0 Å². The highest BCUT2D eigenvalue weighted by Gasteiger charge is 2.08. The Hall–Kier alpha value is -3.72. The molecule has 140 valence electrons. The molecule has 5 aromatic rings. The normalized spacial score (nSPS) is 11.6. The zero-order chi connectivity index (χ0) is 19.6. The van der Waals surface area contributed by atoms with Gasteiger partial charge in [-0.2, -0.15) is 0 Å². The van der Waals surface area contributed by atoms with E-state index in [1.807, 2.05) is 12.3 Å². The molecule has 0 bridgehead atoms. The number of fused-ring (bicyclic) bond motifs is 2. The lowest BCUT2D eigenvalue weighted by atomic mass is 10.1. The molecule has 3 nitrogen and oxygen atoms in total. The molecule has 0 aliphatic rings. The summed E-state index contributed by atoms with van der Waals surface area (Å²) in [6.45, 7) is 2.88. The van der Waals surface area contributed by atoms with E-state index in [4.69, 9.17) is 9.98 Å². The Bertz CT molecular complexity index is 1330. The van der Waals surface area contributed by atoms with Gasteiger partial charge in [-0.1, -0.05) is 72.8 Å². The van der Waals surface area contributed by atoms with Gasteiger partial charge in [-0.05, 0) is 41.5 Å². The monoisotopic (exact) mass is 375 g/mol. The number of aliphatic imine (C=N–C) groups is 1. The summed E-state index contributed by atoms with van der Waals surface area (Å²) in [5.41, 5.74) is 5.41. The van der Waals surface area contributed by atoms with Crippen LogP contribution in [-0.4, -0.2) is 15.8 Å². The summed E-state index contributed by atoms with van der Waals surface area (Å²) in [6, 6.07) is 31.4. The van der Waals surface area contributed by atoms with Gasteiger partial charge in [0.15, 0.2) is 0 Å². The van der Waals surface area contributed by atoms with Gasteiger partial charge in [0.25, 0.3) is 0 Å². The number of aryl methyl sites for hydroxylation is 1. The molecule has 0 amide bonds. The smallest absolute Gasteiger partial charge is 0.107 e. The number of nitrogens with zero attached hydrogens (tertiary/aromatic N) is 3. The summed E-state index contributed by atoms with van der Waals surface area (Å²) in [5, 5.41) is 2.44. The van der Waals surface area contributed by atoms with Gasteiger partial charge in [0.2, 0.25) is 0 Å². The first-order chi connectivity index (χ1) is 14.3. The molecule has 0 N–H and O–H groups in total. The quantitative estimate of drug-likeness (QED) is 0.339. The topological polar surface area (TPSA) is 30.2 Å². The number of hydrogen-bond donors (Lipinski definition) is 0. The van der Waals surface area contributed by atoms with E-state index in [9.17, 15) is 0 Å². The molecule has 0 unspecified atom stereocenters. The van der Waals surface area contributed by atoms with Gasteiger partial charge < -0.3 is 4.57 Å². The van der Waals surface area contributed by atoms with Gasteiger partial charge in [0.1, 0.15) is 5.82 Å². The van der Waals surface area contributed by atoms with Crippen LogP contribution >= 0.6 is 0 Å². The van der Waals surface area contributed by atoms with Gasteiger partial charge in [0.05, 0.1) is 16.7 Å². The van der Waals surface area contributed by atoms with Crippen LogP contribution in [0.1, 0.15) is 17.0 Å². The van der Waals surface area contributed by atoms with Gasteiger partial charge in [-0.25, -0.2) is 4.98 Å². The van der Waals surface area contributed by atoms with E-state index in [1.54, 1.807) is 0 Å². The first-order valence-corrected chi connectivity index (χ1v) is 9.80. The lowest BCUT2D eigenvalue weighted by Crippen LogP contribution is -2.01. The fraction of sp³-hybridized carbons (Fsp3) is 0.0769. The SMILES string of the molecule is Cc1nc2cc(N=Cc3cccc4ccccc34)ccc2n1Cc1ccccc1. The van der Waals surface area contributed by atoms with Gasteiger partial charge >= 0.3 is 0 Å². The first-order valence-electron chi connectivity index (χ1n) is 9.80. The van der Waals surface area contributed by atoms with Crippen LogP contribution in [0, 0.1) is 6.92 Å². The van der Waals surface area contributed by atoms with Crippen molar-refractivity contribution in [1.82, 2.24) is 9.55 Å². The third-order valence-electron chi connectivity index (χ3n) is 5.28. The van der Waals surface area contributed by atoms with Crippen LogP contribution < -0.4 is 0 Å². The summed E-state index contributed by atoms with van der Waals surface area (Å²) < 4.78 is 2.25. The third-order valence-corrected chi connectivity index (χ3v) is 5.28. The molecule has 0 spiro atoms. The first kappa shape index (κ1) is 17.4. The van der Waals surface area contributed by atoms with Crippen molar-refractivity contribution in [3.8, 4) is 0 Å². The predicted octanol–water partition coefficient (Wildman–Crippen LogP) is 6.30. The minimum absolute atomic E-state index is 0.821. The fourth-order valence-corrected chi connectivity index (χ4v) is 3.79. The number of hydrogen-bond acceptors (Lipinski definition) is 2. The Balaban J connectivity index is 1.48. The van der Waals surface area contributed by atoms with Gasteiger partial charge in [0, 0.05) is 18.3 Å². The summed E-state index contributed by atoms with van der Waals surface area (Å²) >= 11 is 0. The van der Waals surface area contributed by atoms with E-state index in [2.05, 4.69) is 96.4 Å².